The molecule has 0 saturated heterocycles. The van der Waals surface area contributed by atoms with Crippen molar-refractivity contribution in [3.63, 3.8) is 0 Å². The van der Waals surface area contributed by atoms with Crippen LogP contribution in [0, 0.1) is 0 Å². The van der Waals surface area contributed by atoms with Crippen LogP contribution in [0.2, 0.25) is 0 Å². The van der Waals surface area contributed by atoms with Crippen LogP contribution in [-0.2, 0) is 9.84 Å². The fraction of sp³-hybridized carbons (Fsp3) is 0.500. The molecule has 2 aromatic rings. The number of sulfone groups is 1. The van der Waals surface area contributed by atoms with Crippen LogP contribution < -0.4 is 0 Å². The molecule has 1 N–H and O–H groups in total. The molecule has 0 atom stereocenters. The zero-order valence-electron chi connectivity index (χ0n) is 11.0. The zero-order valence-corrected chi connectivity index (χ0v) is 11.8. The number of rotatable bonds is 2. The predicted molar refractivity (Wildman–Crippen MR) is 75.0 cm³/mol. The second kappa shape index (κ2) is 4.63. The van der Waals surface area contributed by atoms with Crippen molar-refractivity contribution in [2.75, 3.05) is 6.26 Å². The Hall–Kier alpha value is -1.36. The molecule has 0 spiro atoms. The molecule has 1 heterocycles. The van der Waals surface area contributed by atoms with Gasteiger partial charge in [-0.05, 0) is 25.0 Å². The van der Waals surface area contributed by atoms with Gasteiger partial charge in [0.05, 0.1) is 10.4 Å². The molecule has 1 aliphatic carbocycles. The van der Waals surface area contributed by atoms with Crippen LogP contribution in [0.5, 0.6) is 0 Å². The molecule has 1 aromatic heterocycles. The third-order valence-corrected chi connectivity index (χ3v) is 5.01. The molecule has 1 fully saturated rings. The Morgan fingerprint density at radius 2 is 1.95 bits per heavy atom. The number of nitrogens with one attached hydrogen (secondary N) is 1. The predicted octanol–water partition coefficient (Wildman–Crippen LogP) is 3.01. The number of hydrogen-bond donors (Lipinski definition) is 1. The van der Waals surface area contributed by atoms with E-state index < -0.39 is 9.84 Å². The summed E-state index contributed by atoms with van der Waals surface area (Å²) in [7, 11) is -3.23. The summed E-state index contributed by atoms with van der Waals surface area (Å²) in [4.78, 5) is 8.19. The van der Waals surface area contributed by atoms with E-state index in [4.69, 9.17) is 0 Å². The van der Waals surface area contributed by atoms with Crippen molar-refractivity contribution in [3.8, 4) is 0 Å². The average molecular weight is 278 g/mol. The highest BCUT2D eigenvalue weighted by atomic mass is 32.2. The zero-order chi connectivity index (χ0) is 13.5. The molecular formula is C14H18N2O2S. The minimum Gasteiger partial charge on any atom is -0.342 e. The SMILES string of the molecule is CS(=O)(=O)c1cccc2[nH]c(C3CCCCC3)nc12. The summed E-state index contributed by atoms with van der Waals surface area (Å²) >= 11 is 0. The minimum absolute atomic E-state index is 0.323. The van der Waals surface area contributed by atoms with Gasteiger partial charge in [-0.15, -0.1) is 0 Å². The summed E-state index contributed by atoms with van der Waals surface area (Å²) in [6.07, 6.45) is 7.30. The molecule has 4 nitrogen and oxygen atoms in total. The van der Waals surface area contributed by atoms with Crippen molar-refractivity contribution in [1.82, 2.24) is 9.97 Å². The van der Waals surface area contributed by atoms with Gasteiger partial charge in [-0.2, -0.15) is 0 Å². The Morgan fingerprint density at radius 3 is 2.63 bits per heavy atom. The van der Waals surface area contributed by atoms with Crippen LogP contribution in [0.4, 0.5) is 0 Å². The molecule has 5 heteroatoms. The molecule has 1 saturated carbocycles. The van der Waals surface area contributed by atoms with Crippen LogP contribution in [0.1, 0.15) is 43.8 Å². The van der Waals surface area contributed by atoms with Gasteiger partial charge in [0.25, 0.3) is 0 Å². The quantitative estimate of drug-likeness (QED) is 0.918. The van der Waals surface area contributed by atoms with E-state index in [1.54, 1.807) is 12.1 Å². The molecular weight excluding hydrogens is 260 g/mol. The largest absolute Gasteiger partial charge is 0.342 e. The number of nitrogens with zero attached hydrogens (tertiary/aromatic N) is 1. The summed E-state index contributed by atoms with van der Waals surface area (Å²) in [5.41, 5.74) is 1.41. The third kappa shape index (κ3) is 2.39. The third-order valence-electron chi connectivity index (χ3n) is 3.89. The van der Waals surface area contributed by atoms with Crippen molar-refractivity contribution in [3.05, 3.63) is 24.0 Å². The molecule has 102 valence electrons. The molecule has 0 bridgehead atoms. The second-order valence-corrected chi connectivity index (χ2v) is 7.37. The van der Waals surface area contributed by atoms with Crippen molar-refractivity contribution in [1.29, 1.82) is 0 Å². The maximum Gasteiger partial charge on any atom is 0.177 e. The van der Waals surface area contributed by atoms with Gasteiger partial charge in [0.2, 0.25) is 0 Å². The van der Waals surface area contributed by atoms with Gasteiger partial charge in [0.1, 0.15) is 11.3 Å². The highest BCUT2D eigenvalue weighted by molar-refractivity contribution is 7.91. The fourth-order valence-corrected chi connectivity index (χ4v) is 3.73. The molecule has 0 aliphatic heterocycles. The van der Waals surface area contributed by atoms with Gasteiger partial charge in [-0.3, -0.25) is 0 Å². The number of benzene rings is 1. The lowest BCUT2D eigenvalue weighted by Gasteiger charge is -2.18. The van der Waals surface area contributed by atoms with E-state index in [9.17, 15) is 8.42 Å². The monoisotopic (exact) mass is 278 g/mol. The number of hydrogen-bond acceptors (Lipinski definition) is 3. The first-order chi connectivity index (χ1) is 9.05. The van der Waals surface area contributed by atoms with Crippen molar-refractivity contribution in [2.45, 2.75) is 42.9 Å². The van der Waals surface area contributed by atoms with Crippen LogP contribution >= 0.6 is 0 Å². The highest BCUT2D eigenvalue weighted by Gasteiger charge is 2.21. The second-order valence-electron chi connectivity index (χ2n) is 5.38. The van der Waals surface area contributed by atoms with Gasteiger partial charge in [-0.25, -0.2) is 13.4 Å². The van der Waals surface area contributed by atoms with Gasteiger partial charge in [0, 0.05) is 12.2 Å². The Bertz CT molecular complexity index is 697. The number of fused-ring (bicyclic) bond motifs is 1. The fourth-order valence-electron chi connectivity index (χ4n) is 2.89. The Morgan fingerprint density at radius 1 is 1.21 bits per heavy atom. The first-order valence-electron chi connectivity index (χ1n) is 6.74. The van der Waals surface area contributed by atoms with Crippen LogP contribution in [0.25, 0.3) is 11.0 Å². The van der Waals surface area contributed by atoms with Crippen molar-refractivity contribution >= 4 is 20.9 Å². The van der Waals surface area contributed by atoms with E-state index >= 15 is 0 Å². The Kier molecular flexibility index (Phi) is 3.09. The van der Waals surface area contributed by atoms with Gasteiger partial charge in [-0.1, -0.05) is 25.3 Å². The molecule has 0 amide bonds. The van der Waals surface area contributed by atoms with E-state index in [0.29, 0.717) is 16.3 Å². The first kappa shape index (κ1) is 12.7. The van der Waals surface area contributed by atoms with E-state index in [2.05, 4.69) is 9.97 Å². The van der Waals surface area contributed by atoms with Gasteiger partial charge >= 0.3 is 0 Å². The molecule has 0 radical (unpaired) electrons. The Labute approximate surface area is 113 Å². The summed E-state index contributed by atoms with van der Waals surface area (Å²) in [6.45, 7) is 0. The number of aromatic nitrogens is 2. The number of aromatic amines is 1. The lowest BCUT2D eigenvalue weighted by Crippen LogP contribution is -2.06. The molecule has 0 unspecified atom stereocenters. The lowest BCUT2D eigenvalue weighted by atomic mass is 9.89. The summed E-state index contributed by atoms with van der Waals surface area (Å²) in [5, 5.41) is 0. The lowest BCUT2D eigenvalue weighted by molar-refractivity contribution is 0.431. The van der Waals surface area contributed by atoms with E-state index in [0.717, 1.165) is 24.2 Å². The minimum atomic E-state index is -3.23. The summed E-state index contributed by atoms with van der Waals surface area (Å²) in [5.74, 6) is 1.40. The van der Waals surface area contributed by atoms with Crippen molar-refractivity contribution < 1.29 is 8.42 Å². The number of para-hydroxylation sites is 1. The molecule has 3 rings (SSSR count). The molecule has 19 heavy (non-hydrogen) atoms. The normalized spacial score (nSPS) is 17.9. The van der Waals surface area contributed by atoms with Crippen LogP contribution in [0.3, 0.4) is 0 Å². The summed E-state index contributed by atoms with van der Waals surface area (Å²) < 4.78 is 23.6. The molecule has 1 aromatic carbocycles. The average Bonchev–Trinajstić information content (AvgIpc) is 2.82. The van der Waals surface area contributed by atoms with E-state index in [1.165, 1.54) is 25.5 Å². The van der Waals surface area contributed by atoms with E-state index in [-0.39, 0.29) is 0 Å². The first-order valence-corrected chi connectivity index (χ1v) is 8.63. The molecule has 1 aliphatic rings. The van der Waals surface area contributed by atoms with Crippen molar-refractivity contribution in [2.24, 2.45) is 0 Å². The maximum absolute atomic E-state index is 11.8. The standard InChI is InChI=1S/C14H18N2O2S/c1-19(17,18)12-9-5-8-11-13(12)16-14(15-11)10-6-3-2-4-7-10/h5,8-10H,2-4,6-7H2,1H3,(H,15,16). The van der Waals surface area contributed by atoms with E-state index in [1.807, 2.05) is 6.07 Å². The smallest absolute Gasteiger partial charge is 0.177 e. The van der Waals surface area contributed by atoms with Crippen LogP contribution in [0.15, 0.2) is 23.1 Å². The Balaban J connectivity index is 2.10. The maximum atomic E-state index is 11.8. The van der Waals surface area contributed by atoms with Gasteiger partial charge < -0.3 is 4.98 Å². The summed E-state index contributed by atoms with van der Waals surface area (Å²) in [6, 6.07) is 5.29. The number of H-pyrrole nitrogens is 1. The topological polar surface area (TPSA) is 62.8 Å². The van der Waals surface area contributed by atoms with Gasteiger partial charge in [0.15, 0.2) is 9.84 Å². The highest BCUT2D eigenvalue weighted by Crippen LogP contribution is 2.33. The number of imidazole rings is 1. The van der Waals surface area contributed by atoms with Crippen LogP contribution in [-0.4, -0.2) is 24.6 Å².